The molecule has 0 fully saturated rings. The molecule has 6 nitrogen and oxygen atoms in total. The lowest BCUT2D eigenvalue weighted by molar-refractivity contribution is -0.138. The first-order chi connectivity index (χ1) is 13.1. The van der Waals surface area contributed by atoms with Gasteiger partial charge in [-0.2, -0.15) is 18.4 Å². The summed E-state index contributed by atoms with van der Waals surface area (Å²) in [6.07, 6.45) is -4.76. The summed E-state index contributed by atoms with van der Waals surface area (Å²) in [5, 5.41) is 21.3. The second-order valence-electron chi connectivity index (χ2n) is 6.06. The molecule has 0 heterocycles. The lowest BCUT2D eigenvalue weighted by atomic mass is 10.1. The lowest BCUT2D eigenvalue weighted by Crippen LogP contribution is -2.45. The van der Waals surface area contributed by atoms with Crippen molar-refractivity contribution in [3.63, 3.8) is 0 Å². The van der Waals surface area contributed by atoms with Crippen LogP contribution in [-0.4, -0.2) is 30.3 Å². The van der Waals surface area contributed by atoms with Crippen LogP contribution < -0.4 is 14.8 Å². The van der Waals surface area contributed by atoms with Crippen LogP contribution in [0.3, 0.4) is 0 Å². The van der Waals surface area contributed by atoms with E-state index in [0.29, 0.717) is 17.6 Å². The molecule has 0 bridgehead atoms. The summed E-state index contributed by atoms with van der Waals surface area (Å²) in [6.45, 7) is 0.730. The molecular weight excluding hydrogens is 377 g/mol. The average Bonchev–Trinajstić information content (AvgIpc) is 2.66. The molecule has 1 amide bonds. The number of alkyl halides is 3. The maximum Gasteiger partial charge on any atom is 0.417 e. The largest absolute Gasteiger partial charge is 0.497 e. The molecule has 9 heteroatoms. The van der Waals surface area contributed by atoms with Crippen LogP contribution in [0.1, 0.15) is 18.1 Å². The van der Waals surface area contributed by atoms with Crippen molar-refractivity contribution in [3.05, 3.63) is 53.6 Å². The van der Waals surface area contributed by atoms with Crippen molar-refractivity contribution in [2.45, 2.75) is 18.7 Å². The zero-order valence-corrected chi connectivity index (χ0v) is 15.0. The Morgan fingerprint density at radius 2 is 1.79 bits per heavy atom. The van der Waals surface area contributed by atoms with Gasteiger partial charge in [-0.15, -0.1) is 0 Å². The van der Waals surface area contributed by atoms with Gasteiger partial charge in [-0.1, -0.05) is 0 Å². The van der Waals surface area contributed by atoms with E-state index in [1.54, 1.807) is 24.3 Å². The molecule has 0 spiro atoms. The Kier molecular flexibility index (Phi) is 6.16. The van der Waals surface area contributed by atoms with Crippen molar-refractivity contribution >= 4 is 11.6 Å². The molecule has 0 aromatic heterocycles. The molecule has 0 aliphatic heterocycles. The number of rotatable bonds is 6. The number of carbonyl (C=O) groups is 1. The number of ether oxygens (including phenoxy) is 2. The Bertz CT molecular complexity index is 888. The molecule has 0 radical (unpaired) electrons. The maximum atomic E-state index is 13.0. The molecule has 2 aromatic rings. The van der Waals surface area contributed by atoms with Crippen LogP contribution in [0.25, 0.3) is 0 Å². The molecule has 2 rings (SSSR count). The minimum Gasteiger partial charge on any atom is -0.497 e. The number of nitrogens with one attached hydrogen (secondary N) is 1. The van der Waals surface area contributed by atoms with Crippen LogP contribution in [0, 0.1) is 11.3 Å². The van der Waals surface area contributed by atoms with Crippen LogP contribution in [0.4, 0.5) is 18.9 Å². The fourth-order valence-electron chi connectivity index (χ4n) is 2.18. The number of nitriles is 1. The van der Waals surface area contributed by atoms with E-state index in [4.69, 9.17) is 14.7 Å². The first-order valence-electron chi connectivity index (χ1n) is 7.99. The quantitative estimate of drug-likeness (QED) is 0.784. The Hall–Kier alpha value is -3.25. The fourth-order valence-corrected chi connectivity index (χ4v) is 2.18. The summed E-state index contributed by atoms with van der Waals surface area (Å²) in [7, 11) is 1.50. The highest BCUT2D eigenvalue weighted by Gasteiger charge is 2.35. The molecule has 148 valence electrons. The number of amides is 1. The van der Waals surface area contributed by atoms with E-state index in [0.717, 1.165) is 12.1 Å². The summed E-state index contributed by atoms with van der Waals surface area (Å²) < 4.78 is 49.4. The molecule has 1 atom stereocenters. The van der Waals surface area contributed by atoms with Gasteiger partial charge in [0.15, 0.2) is 5.60 Å². The van der Waals surface area contributed by atoms with Crippen LogP contribution in [0.15, 0.2) is 42.5 Å². The van der Waals surface area contributed by atoms with E-state index in [1.807, 2.05) is 0 Å². The van der Waals surface area contributed by atoms with Crippen molar-refractivity contribution in [2.75, 3.05) is 19.0 Å². The van der Waals surface area contributed by atoms with Crippen molar-refractivity contribution in [1.82, 2.24) is 0 Å². The molecule has 2 N–H and O–H groups in total. The molecule has 0 saturated carbocycles. The molecule has 0 aliphatic rings. The van der Waals surface area contributed by atoms with Gasteiger partial charge in [0.1, 0.15) is 18.1 Å². The van der Waals surface area contributed by atoms with Crippen molar-refractivity contribution in [2.24, 2.45) is 0 Å². The van der Waals surface area contributed by atoms with Gasteiger partial charge >= 0.3 is 6.18 Å². The van der Waals surface area contributed by atoms with Gasteiger partial charge in [0.2, 0.25) is 0 Å². The van der Waals surface area contributed by atoms with Gasteiger partial charge in [0, 0.05) is 5.69 Å². The van der Waals surface area contributed by atoms with Crippen LogP contribution in [-0.2, 0) is 11.0 Å². The lowest BCUT2D eigenvalue weighted by Gasteiger charge is -2.23. The Morgan fingerprint density at radius 3 is 2.32 bits per heavy atom. The van der Waals surface area contributed by atoms with Crippen molar-refractivity contribution < 1.29 is 32.5 Å². The van der Waals surface area contributed by atoms with Crippen molar-refractivity contribution in [3.8, 4) is 17.6 Å². The SMILES string of the molecule is COc1ccc(OC[C@](C)(O)C(=O)Nc2ccc(C#N)c(C(F)(F)F)c2)cc1. The van der Waals surface area contributed by atoms with E-state index < -0.39 is 35.4 Å². The smallest absolute Gasteiger partial charge is 0.417 e. The first-order valence-corrected chi connectivity index (χ1v) is 7.99. The topological polar surface area (TPSA) is 91.6 Å². The van der Waals surface area contributed by atoms with Gasteiger partial charge in [0.05, 0.1) is 24.3 Å². The third-order valence-electron chi connectivity index (χ3n) is 3.77. The monoisotopic (exact) mass is 394 g/mol. The van der Waals surface area contributed by atoms with E-state index in [-0.39, 0.29) is 5.69 Å². The number of nitrogens with zero attached hydrogens (tertiary/aromatic N) is 1. The van der Waals surface area contributed by atoms with Crippen molar-refractivity contribution in [1.29, 1.82) is 5.26 Å². The number of halogens is 3. The highest BCUT2D eigenvalue weighted by Crippen LogP contribution is 2.33. The number of aliphatic hydroxyl groups is 1. The summed E-state index contributed by atoms with van der Waals surface area (Å²) in [6, 6.07) is 10.6. The fraction of sp³-hybridized carbons (Fsp3) is 0.263. The first kappa shape index (κ1) is 21.1. The molecule has 0 aliphatic carbocycles. The third-order valence-corrected chi connectivity index (χ3v) is 3.77. The average molecular weight is 394 g/mol. The van der Waals surface area contributed by atoms with E-state index in [9.17, 15) is 23.1 Å². The molecule has 28 heavy (non-hydrogen) atoms. The summed E-state index contributed by atoms with van der Waals surface area (Å²) in [4.78, 5) is 12.3. The van der Waals surface area contributed by atoms with Crippen LogP contribution in [0.2, 0.25) is 0 Å². The van der Waals surface area contributed by atoms with Gasteiger partial charge in [-0.05, 0) is 49.4 Å². The molecule has 0 unspecified atom stereocenters. The Labute approximate surface area is 159 Å². The molecular formula is C19H17F3N2O4. The summed E-state index contributed by atoms with van der Waals surface area (Å²) >= 11 is 0. The Morgan fingerprint density at radius 1 is 1.18 bits per heavy atom. The van der Waals surface area contributed by atoms with Crippen LogP contribution >= 0.6 is 0 Å². The number of carbonyl (C=O) groups excluding carboxylic acids is 1. The second-order valence-corrected chi connectivity index (χ2v) is 6.06. The van der Waals surface area contributed by atoms with E-state index in [1.165, 1.54) is 20.1 Å². The van der Waals surface area contributed by atoms with Crippen LogP contribution in [0.5, 0.6) is 11.5 Å². The third kappa shape index (κ3) is 5.14. The predicted molar refractivity (Wildman–Crippen MR) is 93.9 cm³/mol. The number of hydrogen-bond acceptors (Lipinski definition) is 5. The normalized spacial score (nSPS) is 13.2. The number of anilines is 1. The highest BCUT2D eigenvalue weighted by molar-refractivity contribution is 5.97. The summed E-state index contributed by atoms with van der Waals surface area (Å²) in [5.74, 6) is 0.00332. The molecule has 2 aromatic carbocycles. The highest BCUT2D eigenvalue weighted by atomic mass is 19.4. The summed E-state index contributed by atoms with van der Waals surface area (Å²) in [5.41, 5.74) is -3.98. The van der Waals surface area contributed by atoms with Gasteiger partial charge in [-0.3, -0.25) is 4.79 Å². The number of hydrogen-bond donors (Lipinski definition) is 2. The minimum atomic E-state index is -4.76. The van der Waals surface area contributed by atoms with Gasteiger partial charge in [-0.25, -0.2) is 0 Å². The standard InChI is InChI=1S/C19H17F3N2O4/c1-18(26,11-28-15-7-5-14(27-2)6-8-15)17(25)24-13-4-3-12(10-23)16(9-13)19(20,21)22/h3-9,26H,11H2,1-2H3,(H,24,25)/t18-/m0/s1. The zero-order chi connectivity index (χ0) is 20.9. The molecule has 0 saturated heterocycles. The second kappa shape index (κ2) is 8.19. The maximum absolute atomic E-state index is 13.0. The number of benzene rings is 2. The van der Waals surface area contributed by atoms with Gasteiger partial charge in [0.25, 0.3) is 5.91 Å². The minimum absolute atomic E-state index is 0.207. The zero-order valence-electron chi connectivity index (χ0n) is 15.0. The van der Waals surface area contributed by atoms with E-state index >= 15 is 0 Å². The predicted octanol–water partition coefficient (Wildman–Crippen LogP) is 3.35. The number of methoxy groups -OCH3 is 1. The Balaban J connectivity index is 2.09. The van der Waals surface area contributed by atoms with Gasteiger partial charge < -0.3 is 19.9 Å². The van der Waals surface area contributed by atoms with E-state index in [2.05, 4.69) is 5.32 Å².